The minimum Gasteiger partial charge on any atom is -0.447 e. The van der Waals surface area contributed by atoms with Crippen LogP contribution < -0.4 is 5.32 Å². The quantitative estimate of drug-likeness (QED) is 0.296. The van der Waals surface area contributed by atoms with Gasteiger partial charge < -0.3 is 38.6 Å². The molecule has 3 rings (SSSR count). The molecule has 0 aromatic carbocycles. The number of hydrogen-bond donors (Lipinski definition) is 2. The molecule has 3 aliphatic rings. The highest BCUT2D eigenvalue weighted by Crippen LogP contribution is 2.55. The van der Waals surface area contributed by atoms with Gasteiger partial charge in [-0.05, 0) is 42.0 Å². The molecule has 2 N–H and O–H groups in total. The zero-order chi connectivity index (χ0) is 29.5. The number of nitrogens with zero attached hydrogens (tertiary/aromatic N) is 5. The maximum atomic E-state index is 14.1. The number of rotatable bonds is 12. The van der Waals surface area contributed by atoms with Crippen molar-refractivity contribution in [2.24, 2.45) is 0 Å². The van der Waals surface area contributed by atoms with Crippen LogP contribution in [-0.4, -0.2) is 166 Å². The molecule has 3 unspecified atom stereocenters. The molecular formula is C23H48N6O9P2. The summed E-state index contributed by atoms with van der Waals surface area (Å²) in [6.07, 6.45) is -1.39. The first kappa shape index (κ1) is 33.8. The lowest BCUT2D eigenvalue weighted by atomic mass is 10.2. The molecule has 1 amide bonds. The molecule has 3 saturated heterocycles. The van der Waals surface area contributed by atoms with E-state index in [0.717, 1.165) is 6.54 Å². The number of amides is 1. The fourth-order valence-electron chi connectivity index (χ4n) is 4.91. The van der Waals surface area contributed by atoms with Crippen LogP contribution in [0.5, 0.6) is 0 Å². The van der Waals surface area contributed by atoms with Crippen LogP contribution in [0.25, 0.3) is 0 Å². The first-order valence-corrected chi connectivity index (χ1v) is 16.8. The third-order valence-electron chi connectivity index (χ3n) is 6.95. The van der Waals surface area contributed by atoms with Crippen LogP contribution in [0.15, 0.2) is 0 Å². The Morgan fingerprint density at radius 3 is 2.02 bits per heavy atom. The van der Waals surface area contributed by atoms with E-state index < -0.39 is 27.5 Å². The third-order valence-corrected chi connectivity index (χ3v) is 12.1. The number of morpholine rings is 2. The molecular weight excluding hydrogens is 566 g/mol. The molecule has 0 saturated carbocycles. The Hall–Kier alpha value is -0.670. The Balaban J connectivity index is 1.60. The first-order valence-electron chi connectivity index (χ1n) is 13.8. The minimum absolute atomic E-state index is 0.0235. The number of aliphatic hydroxyl groups excluding tert-OH is 1. The average molecular weight is 615 g/mol. The number of aliphatic hydroxyl groups is 1. The van der Waals surface area contributed by atoms with Crippen LogP contribution in [0, 0.1) is 0 Å². The number of hydrogen-bond acceptors (Lipinski definition) is 10. The van der Waals surface area contributed by atoms with Gasteiger partial charge in [-0.3, -0.25) is 9.13 Å². The minimum atomic E-state index is -3.43. The number of carbonyl (C=O) groups excluding carboxylic acids is 1. The number of nitrogens with one attached hydrogen (secondary N) is 1. The van der Waals surface area contributed by atoms with Crippen molar-refractivity contribution in [3.05, 3.63) is 0 Å². The van der Waals surface area contributed by atoms with Crippen LogP contribution in [0.1, 0.15) is 13.8 Å². The largest absolute Gasteiger partial charge is 0.447 e. The fraction of sp³-hybridized carbons (Fsp3) is 0.957. The van der Waals surface area contributed by atoms with Crippen LogP contribution in [0.3, 0.4) is 0 Å². The monoisotopic (exact) mass is 614 g/mol. The van der Waals surface area contributed by atoms with Gasteiger partial charge in [-0.25, -0.2) is 23.5 Å². The van der Waals surface area contributed by atoms with Gasteiger partial charge >= 0.3 is 21.4 Å². The Labute approximate surface area is 238 Å². The molecule has 3 aliphatic heterocycles. The maximum absolute atomic E-state index is 14.1. The molecule has 0 spiro atoms. The van der Waals surface area contributed by atoms with Crippen LogP contribution in [-0.2, 0) is 32.4 Å². The predicted octanol–water partition coefficient (Wildman–Crippen LogP) is 0.572. The molecule has 0 aromatic rings. The second-order valence-corrected chi connectivity index (χ2v) is 15.9. The van der Waals surface area contributed by atoms with Crippen molar-refractivity contribution < 1.29 is 42.3 Å². The Morgan fingerprint density at radius 1 is 0.875 bits per heavy atom. The van der Waals surface area contributed by atoms with Crippen molar-refractivity contribution in [2.45, 2.75) is 38.3 Å². The smallest absolute Gasteiger partial charge is 0.409 e. The van der Waals surface area contributed by atoms with E-state index in [1.165, 1.54) is 4.90 Å². The van der Waals surface area contributed by atoms with Gasteiger partial charge in [0, 0.05) is 52.4 Å². The van der Waals surface area contributed by atoms with Gasteiger partial charge in [0.25, 0.3) is 0 Å². The molecule has 0 aliphatic carbocycles. The van der Waals surface area contributed by atoms with E-state index in [1.807, 2.05) is 13.8 Å². The number of ether oxygens (including phenoxy) is 3. The van der Waals surface area contributed by atoms with Crippen molar-refractivity contribution >= 4 is 21.4 Å². The molecule has 3 fully saturated rings. The second kappa shape index (κ2) is 15.2. The van der Waals surface area contributed by atoms with E-state index in [2.05, 4.69) is 5.32 Å². The molecule has 234 valence electrons. The SMILES string of the molecule is C[C@H]1CNCC(COP(=O)(N(C)C)N2C[C@@H](COP(=O)(N(C)C)N3CCN(C(=O)OCCO)CC3)O[C@@H](C)C2)O1. The van der Waals surface area contributed by atoms with Crippen LogP contribution in [0.4, 0.5) is 4.79 Å². The summed E-state index contributed by atoms with van der Waals surface area (Å²) in [4.78, 5) is 13.6. The topological polar surface area (TPSA) is 146 Å². The summed E-state index contributed by atoms with van der Waals surface area (Å²) in [7, 11) is 0.0168. The maximum Gasteiger partial charge on any atom is 0.409 e. The van der Waals surface area contributed by atoms with E-state index in [0.29, 0.717) is 39.3 Å². The van der Waals surface area contributed by atoms with E-state index >= 15 is 0 Å². The third kappa shape index (κ3) is 8.68. The van der Waals surface area contributed by atoms with E-state index in [-0.39, 0.29) is 51.3 Å². The first-order chi connectivity index (χ1) is 18.9. The normalized spacial score (nSPS) is 30.3. The lowest BCUT2D eigenvalue weighted by Crippen LogP contribution is -2.50. The van der Waals surface area contributed by atoms with E-state index in [9.17, 15) is 13.9 Å². The summed E-state index contributed by atoms with van der Waals surface area (Å²) in [6, 6.07) is 0. The molecule has 15 nitrogen and oxygen atoms in total. The second-order valence-electron chi connectivity index (χ2n) is 10.7. The Bertz CT molecular complexity index is 908. The van der Waals surface area contributed by atoms with Gasteiger partial charge in [0.05, 0.1) is 44.2 Å². The predicted molar refractivity (Wildman–Crippen MR) is 149 cm³/mol. The molecule has 17 heteroatoms. The summed E-state index contributed by atoms with van der Waals surface area (Å²) in [5.74, 6) is 0. The fourth-order valence-corrected chi connectivity index (χ4v) is 8.94. The Kier molecular flexibility index (Phi) is 12.8. The molecule has 0 radical (unpaired) electrons. The molecule has 6 atom stereocenters. The lowest BCUT2D eigenvalue weighted by Gasteiger charge is -2.43. The standard InChI is InChI=1S/C23H48N6O9P2/c1-19-13-24-14-21(37-19)17-35-40(33,26(5)6)29-15-20(2)38-22(16-29)18-36-39(32,25(3)4)28-9-7-27(8-10-28)23(31)34-12-11-30/h19-22,24,30H,7-18H2,1-6H3/t19-,20-,21?,22-,39?,40?/m0/s1. The summed E-state index contributed by atoms with van der Waals surface area (Å²) in [5, 5.41) is 12.2. The summed E-state index contributed by atoms with van der Waals surface area (Å²) in [5.41, 5.74) is 0. The van der Waals surface area contributed by atoms with E-state index in [1.54, 1.807) is 46.9 Å². The van der Waals surface area contributed by atoms with Crippen molar-refractivity contribution in [3.8, 4) is 0 Å². The number of carbonyl (C=O) groups is 1. The van der Waals surface area contributed by atoms with Crippen molar-refractivity contribution in [1.29, 1.82) is 0 Å². The van der Waals surface area contributed by atoms with Gasteiger partial charge in [0.1, 0.15) is 6.61 Å². The molecule has 0 aromatic heterocycles. The van der Waals surface area contributed by atoms with Crippen molar-refractivity contribution in [1.82, 2.24) is 28.9 Å². The Morgan fingerprint density at radius 2 is 1.45 bits per heavy atom. The van der Waals surface area contributed by atoms with Crippen molar-refractivity contribution in [2.75, 3.05) is 107 Å². The van der Waals surface area contributed by atoms with Crippen molar-refractivity contribution in [3.63, 3.8) is 0 Å². The van der Waals surface area contributed by atoms with Crippen LogP contribution in [0.2, 0.25) is 0 Å². The average Bonchev–Trinajstić information content (AvgIpc) is 2.93. The van der Waals surface area contributed by atoms with Gasteiger partial charge in [-0.15, -0.1) is 0 Å². The summed E-state index contributed by atoms with van der Waals surface area (Å²) < 4.78 is 64.0. The molecule has 40 heavy (non-hydrogen) atoms. The summed E-state index contributed by atoms with van der Waals surface area (Å²) in [6.45, 7) is 7.18. The van der Waals surface area contributed by atoms with Gasteiger partial charge in [0.15, 0.2) is 0 Å². The van der Waals surface area contributed by atoms with Crippen LogP contribution >= 0.6 is 15.3 Å². The lowest BCUT2D eigenvalue weighted by molar-refractivity contribution is -0.0807. The number of piperazine rings is 1. The van der Waals surface area contributed by atoms with Gasteiger partial charge in [0.2, 0.25) is 0 Å². The highest BCUT2D eigenvalue weighted by atomic mass is 31.2. The zero-order valence-electron chi connectivity index (χ0n) is 24.6. The molecule has 3 heterocycles. The zero-order valence-corrected chi connectivity index (χ0v) is 26.4. The highest BCUT2D eigenvalue weighted by Gasteiger charge is 2.43. The van der Waals surface area contributed by atoms with Gasteiger partial charge in [-0.2, -0.15) is 0 Å². The van der Waals surface area contributed by atoms with E-state index in [4.69, 9.17) is 28.4 Å². The van der Waals surface area contributed by atoms with Gasteiger partial charge in [-0.1, -0.05) is 0 Å². The molecule has 0 bridgehead atoms. The highest BCUT2D eigenvalue weighted by molar-refractivity contribution is 7.54. The summed E-state index contributed by atoms with van der Waals surface area (Å²) >= 11 is 0.